The van der Waals surface area contributed by atoms with Crippen LogP contribution in [-0.2, 0) is 4.79 Å². The largest absolute Gasteiger partial charge is 0.394 e. The van der Waals surface area contributed by atoms with Crippen LogP contribution in [0.4, 0.5) is 0 Å². The molecule has 0 radical (unpaired) electrons. The maximum Gasteiger partial charge on any atom is 0.220 e. The first-order chi connectivity index (χ1) is 18.7. The van der Waals surface area contributed by atoms with E-state index in [1.807, 2.05) is 6.08 Å². The lowest BCUT2D eigenvalue weighted by molar-refractivity contribution is -0.123. The van der Waals surface area contributed by atoms with E-state index in [9.17, 15) is 15.0 Å². The summed E-state index contributed by atoms with van der Waals surface area (Å²) in [6.45, 7) is 4.09. The minimum atomic E-state index is -0.882. The van der Waals surface area contributed by atoms with Gasteiger partial charge >= 0.3 is 0 Å². The highest BCUT2D eigenvalue weighted by molar-refractivity contribution is 5.76. The summed E-state index contributed by atoms with van der Waals surface area (Å²) in [5, 5.41) is 22.7. The van der Waals surface area contributed by atoms with Crippen molar-refractivity contribution in [2.24, 2.45) is 0 Å². The Morgan fingerprint density at radius 3 is 1.79 bits per heavy atom. The van der Waals surface area contributed by atoms with Crippen LogP contribution >= 0.6 is 0 Å². The Morgan fingerprint density at radius 2 is 1.18 bits per heavy atom. The summed E-state index contributed by atoms with van der Waals surface area (Å²) < 4.78 is 0. The summed E-state index contributed by atoms with van der Waals surface area (Å²) in [6.07, 6.45) is 41.1. The Labute approximate surface area is 234 Å². The van der Waals surface area contributed by atoms with E-state index in [2.05, 4.69) is 79.9 Å². The molecule has 216 valence electrons. The van der Waals surface area contributed by atoms with Crippen molar-refractivity contribution < 1.29 is 15.0 Å². The van der Waals surface area contributed by atoms with Crippen molar-refractivity contribution in [1.29, 1.82) is 0 Å². The zero-order chi connectivity index (χ0) is 27.9. The van der Waals surface area contributed by atoms with Gasteiger partial charge in [0.2, 0.25) is 5.91 Å². The van der Waals surface area contributed by atoms with Crippen LogP contribution in [0.3, 0.4) is 0 Å². The Bertz CT molecular complexity index is 703. The van der Waals surface area contributed by atoms with Gasteiger partial charge in [-0.25, -0.2) is 0 Å². The molecule has 0 aromatic carbocycles. The van der Waals surface area contributed by atoms with E-state index in [4.69, 9.17) is 0 Å². The quantitative estimate of drug-likeness (QED) is 0.0824. The number of nitrogens with one attached hydrogen (secondary N) is 1. The second-order valence-corrected chi connectivity index (χ2v) is 9.76. The molecule has 38 heavy (non-hydrogen) atoms. The minimum Gasteiger partial charge on any atom is -0.394 e. The maximum atomic E-state index is 12.2. The summed E-state index contributed by atoms with van der Waals surface area (Å²) in [4.78, 5) is 12.2. The fourth-order valence-electron chi connectivity index (χ4n) is 3.81. The normalized spacial score (nSPS) is 14.3. The Balaban J connectivity index is 3.87. The van der Waals surface area contributed by atoms with Crippen molar-refractivity contribution in [2.45, 2.75) is 129 Å². The zero-order valence-corrected chi connectivity index (χ0v) is 24.4. The minimum absolute atomic E-state index is 0.114. The van der Waals surface area contributed by atoms with Crippen molar-refractivity contribution in [2.75, 3.05) is 6.61 Å². The Morgan fingerprint density at radius 1 is 0.658 bits per heavy atom. The van der Waals surface area contributed by atoms with Crippen molar-refractivity contribution in [1.82, 2.24) is 5.32 Å². The van der Waals surface area contributed by atoms with Gasteiger partial charge in [-0.2, -0.15) is 0 Å². The molecule has 4 heteroatoms. The fraction of sp³-hybridized carbons (Fsp3) is 0.618. The molecule has 0 aliphatic rings. The number of hydrogen-bond donors (Lipinski definition) is 3. The third-order valence-corrected chi connectivity index (χ3v) is 6.15. The van der Waals surface area contributed by atoms with Crippen LogP contribution in [0.25, 0.3) is 0 Å². The molecule has 0 rings (SSSR count). The molecule has 4 nitrogen and oxygen atoms in total. The number of aliphatic hydroxyl groups is 2. The standard InChI is InChI=1S/C34H57NO3/c1-3-5-7-9-11-13-15-17-19-21-23-25-27-29-33(37)32(31-36)35-34(38)30-28-26-24-22-20-18-16-14-12-10-8-6-4-2/h6,8,11-14,18-21,27,29,32-33,36-37H,3-5,7,9-10,15-17,22-26,28,30-31H2,1-2H3,(H,35,38)/b8-6-,13-11+,14-12-,20-18-,21-19+,29-27+. The molecule has 0 aromatic heterocycles. The molecular weight excluding hydrogens is 470 g/mol. The number of unbranched alkanes of at least 4 members (excludes halogenated alkanes) is 8. The number of carbonyl (C=O) groups excluding carboxylic acids is 1. The van der Waals surface area contributed by atoms with Gasteiger partial charge in [-0.05, 0) is 77.0 Å². The fourth-order valence-corrected chi connectivity index (χ4v) is 3.81. The van der Waals surface area contributed by atoms with Gasteiger partial charge in [0.25, 0.3) is 0 Å². The first-order valence-electron chi connectivity index (χ1n) is 15.2. The smallest absolute Gasteiger partial charge is 0.220 e. The Hall–Kier alpha value is -2.17. The molecule has 2 unspecified atom stereocenters. The van der Waals surface area contributed by atoms with E-state index in [0.29, 0.717) is 6.42 Å². The third-order valence-electron chi connectivity index (χ3n) is 6.15. The number of aliphatic hydroxyl groups excluding tert-OH is 2. The van der Waals surface area contributed by atoms with Crippen molar-refractivity contribution in [3.63, 3.8) is 0 Å². The van der Waals surface area contributed by atoms with Gasteiger partial charge in [-0.1, -0.05) is 106 Å². The highest BCUT2D eigenvalue weighted by Gasteiger charge is 2.17. The molecule has 1 amide bonds. The molecule has 0 fully saturated rings. The lowest BCUT2D eigenvalue weighted by Gasteiger charge is -2.19. The van der Waals surface area contributed by atoms with Gasteiger partial charge in [0.05, 0.1) is 18.8 Å². The van der Waals surface area contributed by atoms with Gasteiger partial charge in [0.15, 0.2) is 0 Å². The summed E-state index contributed by atoms with van der Waals surface area (Å²) in [6, 6.07) is -0.660. The first kappa shape index (κ1) is 35.8. The molecule has 0 bridgehead atoms. The summed E-state index contributed by atoms with van der Waals surface area (Å²) in [5.74, 6) is -0.114. The first-order valence-corrected chi connectivity index (χ1v) is 15.2. The predicted molar refractivity (Wildman–Crippen MR) is 165 cm³/mol. The molecule has 0 aliphatic carbocycles. The lowest BCUT2D eigenvalue weighted by atomic mass is 10.1. The molecule has 3 N–H and O–H groups in total. The second kappa shape index (κ2) is 29.4. The zero-order valence-electron chi connectivity index (χ0n) is 24.4. The van der Waals surface area contributed by atoms with Gasteiger partial charge in [0.1, 0.15) is 0 Å². The van der Waals surface area contributed by atoms with Crippen molar-refractivity contribution in [3.05, 3.63) is 72.9 Å². The van der Waals surface area contributed by atoms with Crippen LogP contribution in [-0.4, -0.2) is 34.9 Å². The van der Waals surface area contributed by atoms with Crippen LogP contribution < -0.4 is 5.32 Å². The van der Waals surface area contributed by atoms with Crippen LogP contribution in [0.15, 0.2) is 72.9 Å². The third kappa shape index (κ3) is 25.5. The van der Waals surface area contributed by atoms with Crippen LogP contribution in [0.1, 0.15) is 117 Å². The van der Waals surface area contributed by atoms with E-state index < -0.39 is 12.1 Å². The number of carbonyl (C=O) groups is 1. The summed E-state index contributed by atoms with van der Waals surface area (Å²) >= 11 is 0. The monoisotopic (exact) mass is 527 g/mol. The van der Waals surface area contributed by atoms with E-state index >= 15 is 0 Å². The van der Waals surface area contributed by atoms with Gasteiger partial charge in [-0.3, -0.25) is 4.79 Å². The van der Waals surface area contributed by atoms with Gasteiger partial charge < -0.3 is 15.5 Å². The topological polar surface area (TPSA) is 69.6 Å². The molecule has 0 saturated heterocycles. The highest BCUT2D eigenvalue weighted by atomic mass is 16.3. The number of hydrogen-bond acceptors (Lipinski definition) is 3. The SMILES string of the molecule is CC/C=C\C/C=C\C/C=C\CCCCCC(=O)NC(CO)C(O)/C=C/CC/C=C/CC/C=C/CCCCC. The summed E-state index contributed by atoms with van der Waals surface area (Å²) in [5.41, 5.74) is 0. The summed E-state index contributed by atoms with van der Waals surface area (Å²) in [7, 11) is 0. The molecule has 0 spiro atoms. The maximum absolute atomic E-state index is 12.2. The van der Waals surface area contributed by atoms with E-state index in [1.54, 1.807) is 6.08 Å². The van der Waals surface area contributed by atoms with Crippen LogP contribution in [0.5, 0.6) is 0 Å². The Kier molecular flexibility index (Phi) is 27.7. The number of rotatable bonds is 25. The van der Waals surface area contributed by atoms with E-state index in [0.717, 1.165) is 70.6 Å². The van der Waals surface area contributed by atoms with Crippen molar-refractivity contribution >= 4 is 5.91 Å². The molecular formula is C34H57NO3. The van der Waals surface area contributed by atoms with Crippen LogP contribution in [0, 0.1) is 0 Å². The molecule has 2 atom stereocenters. The van der Waals surface area contributed by atoms with Crippen LogP contribution in [0.2, 0.25) is 0 Å². The molecule has 0 saturated carbocycles. The lowest BCUT2D eigenvalue weighted by Crippen LogP contribution is -2.45. The second-order valence-electron chi connectivity index (χ2n) is 9.76. The average Bonchev–Trinajstić information content (AvgIpc) is 2.92. The highest BCUT2D eigenvalue weighted by Crippen LogP contribution is 2.06. The predicted octanol–water partition coefficient (Wildman–Crippen LogP) is 8.44. The molecule has 0 heterocycles. The van der Waals surface area contributed by atoms with E-state index in [-0.39, 0.29) is 12.5 Å². The average molecular weight is 528 g/mol. The van der Waals surface area contributed by atoms with E-state index in [1.165, 1.54) is 25.7 Å². The number of allylic oxidation sites excluding steroid dienone is 11. The number of amides is 1. The van der Waals surface area contributed by atoms with Gasteiger partial charge in [-0.15, -0.1) is 0 Å². The van der Waals surface area contributed by atoms with Gasteiger partial charge in [0, 0.05) is 6.42 Å². The molecule has 0 aliphatic heterocycles. The van der Waals surface area contributed by atoms with Crippen molar-refractivity contribution in [3.8, 4) is 0 Å². The molecule has 0 aromatic rings.